The van der Waals surface area contributed by atoms with Crippen molar-refractivity contribution in [3.63, 3.8) is 0 Å². The minimum absolute atomic E-state index is 0.120. The van der Waals surface area contributed by atoms with E-state index in [1.807, 2.05) is 33.8 Å². The van der Waals surface area contributed by atoms with E-state index in [4.69, 9.17) is 15.2 Å². The Morgan fingerprint density at radius 3 is 2.73 bits per heavy atom. The van der Waals surface area contributed by atoms with Gasteiger partial charge in [0.05, 0.1) is 18.5 Å². The van der Waals surface area contributed by atoms with Crippen molar-refractivity contribution >= 4 is 11.8 Å². The summed E-state index contributed by atoms with van der Waals surface area (Å²) in [5, 5.41) is 0. The van der Waals surface area contributed by atoms with Crippen molar-refractivity contribution in [3.05, 3.63) is 41.0 Å². The maximum atomic E-state index is 12.4. The van der Waals surface area contributed by atoms with E-state index in [1.54, 1.807) is 13.3 Å². The summed E-state index contributed by atoms with van der Waals surface area (Å²) in [7, 11) is 1.63. The molecule has 0 saturated carbocycles. The molecule has 1 atom stereocenters. The molecule has 26 heavy (non-hydrogen) atoms. The molecule has 0 aliphatic heterocycles. The molecule has 1 aromatic heterocycles. The molecular weight excluding hydrogens is 330 g/mol. The van der Waals surface area contributed by atoms with Crippen LogP contribution in [-0.4, -0.2) is 28.4 Å². The topological polar surface area (TPSA) is 79.4 Å². The van der Waals surface area contributed by atoms with Crippen molar-refractivity contribution in [2.75, 3.05) is 12.8 Å². The Labute approximate surface area is 154 Å². The fourth-order valence-corrected chi connectivity index (χ4v) is 3.55. The van der Waals surface area contributed by atoms with Gasteiger partial charge < -0.3 is 15.2 Å². The highest BCUT2D eigenvalue weighted by Gasteiger charge is 2.28. The van der Waals surface area contributed by atoms with E-state index in [2.05, 4.69) is 11.1 Å². The number of nitrogen functional groups attached to an aromatic ring is 1. The first-order valence-electron chi connectivity index (χ1n) is 8.95. The largest absolute Gasteiger partial charge is 0.495 e. The second-order valence-electron chi connectivity index (χ2n) is 7.76. The van der Waals surface area contributed by atoms with E-state index < -0.39 is 11.7 Å². The van der Waals surface area contributed by atoms with Gasteiger partial charge in [-0.05, 0) is 64.2 Å². The second-order valence-corrected chi connectivity index (χ2v) is 7.76. The summed E-state index contributed by atoms with van der Waals surface area (Å²) in [6, 6.07) is 3.97. The van der Waals surface area contributed by atoms with Gasteiger partial charge in [0.1, 0.15) is 17.2 Å². The minimum atomic E-state index is -0.545. The number of carbonyl (C=O) groups excluding carboxylic acids is 1. The molecule has 0 bridgehead atoms. The van der Waals surface area contributed by atoms with Crippen LogP contribution >= 0.6 is 0 Å². The maximum Gasteiger partial charge on any atom is 0.419 e. The van der Waals surface area contributed by atoms with Gasteiger partial charge in [-0.2, -0.15) is 0 Å². The molecular formula is C20H27N3O3. The Bertz CT molecular complexity index is 834. The van der Waals surface area contributed by atoms with Crippen molar-refractivity contribution < 1.29 is 14.3 Å². The Morgan fingerprint density at radius 1 is 1.35 bits per heavy atom. The van der Waals surface area contributed by atoms with E-state index in [0.29, 0.717) is 17.3 Å². The number of ether oxygens (including phenoxy) is 2. The summed E-state index contributed by atoms with van der Waals surface area (Å²) in [6.45, 7) is 7.38. The predicted molar refractivity (Wildman–Crippen MR) is 101 cm³/mol. The molecule has 1 aromatic carbocycles. The van der Waals surface area contributed by atoms with Gasteiger partial charge in [0.15, 0.2) is 0 Å². The molecule has 0 spiro atoms. The molecule has 0 amide bonds. The summed E-state index contributed by atoms with van der Waals surface area (Å²) < 4.78 is 12.3. The number of nitrogens with two attached hydrogens (primary N) is 1. The number of nitrogens with zero attached hydrogens (tertiary/aromatic N) is 2. The molecule has 1 aliphatic rings. The molecule has 2 N–H and O–H groups in total. The Balaban J connectivity index is 1.96. The quantitative estimate of drug-likeness (QED) is 0.821. The zero-order valence-electron chi connectivity index (χ0n) is 16.1. The lowest BCUT2D eigenvalue weighted by molar-refractivity contribution is 0.0533. The summed E-state index contributed by atoms with van der Waals surface area (Å²) in [6.07, 6.45) is 4.32. The van der Waals surface area contributed by atoms with Crippen molar-refractivity contribution in [2.45, 2.75) is 58.5 Å². The van der Waals surface area contributed by atoms with Crippen molar-refractivity contribution in [3.8, 4) is 5.75 Å². The highest BCUT2D eigenvalue weighted by molar-refractivity contribution is 5.72. The van der Waals surface area contributed by atoms with Gasteiger partial charge in [-0.25, -0.2) is 14.3 Å². The SMILES string of the molecule is COc1ccc2c(c1N)CCCC2c1cn(C(=O)OC(C)(C)C)c(C)n1. The number of benzene rings is 1. The standard InChI is InChI=1S/C20H27N3O3/c1-12-22-16(11-23(12)19(24)26-20(2,3)4)14-7-6-8-15-13(14)9-10-17(25-5)18(15)21/h9-11,14H,6-8,21H2,1-5H3. The number of carbonyl (C=O) groups is 1. The summed E-state index contributed by atoms with van der Waals surface area (Å²) in [5.74, 6) is 1.46. The number of methoxy groups -OCH3 is 1. The molecule has 140 valence electrons. The van der Waals surface area contributed by atoms with Gasteiger partial charge in [-0.15, -0.1) is 0 Å². The first kappa shape index (κ1) is 18.3. The van der Waals surface area contributed by atoms with Crippen molar-refractivity contribution in [1.82, 2.24) is 9.55 Å². The zero-order valence-corrected chi connectivity index (χ0v) is 16.1. The molecule has 0 fully saturated rings. The Morgan fingerprint density at radius 2 is 2.08 bits per heavy atom. The van der Waals surface area contributed by atoms with E-state index >= 15 is 0 Å². The summed E-state index contributed by atoms with van der Waals surface area (Å²) in [4.78, 5) is 17.1. The minimum Gasteiger partial charge on any atom is -0.495 e. The van der Waals surface area contributed by atoms with Crippen LogP contribution in [0, 0.1) is 6.92 Å². The third-order valence-corrected chi connectivity index (χ3v) is 4.72. The van der Waals surface area contributed by atoms with Crippen LogP contribution in [0.25, 0.3) is 0 Å². The normalized spacial score (nSPS) is 16.9. The average Bonchev–Trinajstić information content (AvgIpc) is 2.95. The van der Waals surface area contributed by atoms with Gasteiger partial charge in [0, 0.05) is 12.1 Å². The molecule has 0 radical (unpaired) electrons. The third kappa shape index (κ3) is 3.41. The smallest absolute Gasteiger partial charge is 0.419 e. The fourth-order valence-electron chi connectivity index (χ4n) is 3.55. The number of anilines is 1. The summed E-state index contributed by atoms with van der Waals surface area (Å²) in [5.41, 5.74) is 9.62. The van der Waals surface area contributed by atoms with Gasteiger partial charge in [0.25, 0.3) is 0 Å². The number of hydrogen-bond donors (Lipinski definition) is 1. The Kier molecular flexibility index (Phi) is 4.69. The summed E-state index contributed by atoms with van der Waals surface area (Å²) >= 11 is 0. The van der Waals surface area contributed by atoms with E-state index in [9.17, 15) is 4.79 Å². The first-order valence-corrected chi connectivity index (χ1v) is 8.95. The van der Waals surface area contributed by atoms with E-state index in [1.165, 1.54) is 10.1 Å². The molecule has 0 saturated heterocycles. The zero-order chi connectivity index (χ0) is 19.1. The lowest BCUT2D eigenvalue weighted by atomic mass is 9.80. The van der Waals surface area contributed by atoms with Crippen LogP contribution in [0.4, 0.5) is 10.5 Å². The Hall–Kier alpha value is -2.50. The number of hydrogen-bond acceptors (Lipinski definition) is 5. The monoisotopic (exact) mass is 357 g/mol. The highest BCUT2D eigenvalue weighted by Crippen LogP contribution is 2.41. The molecule has 1 heterocycles. The lowest BCUT2D eigenvalue weighted by Gasteiger charge is -2.26. The van der Waals surface area contributed by atoms with Gasteiger partial charge in [-0.3, -0.25) is 0 Å². The molecule has 2 aromatic rings. The maximum absolute atomic E-state index is 12.4. The van der Waals surface area contributed by atoms with Gasteiger partial charge in [-0.1, -0.05) is 6.07 Å². The first-order chi connectivity index (χ1) is 12.2. The van der Waals surface area contributed by atoms with Crippen LogP contribution in [0.15, 0.2) is 18.3 Å². The average molecular weight is 357 g/mol. The van der Waals surface area contributed by atoms with Gasteiger partial charge >= 0.3 is 6.09 Å². The fraction of sp³-hybridized carbons (Fsp3) is 0.500. The number of imidazole rings is 1. The number of aryl methyl sites for hydroxylation is 1. The molecule has 6 nitrogen and oxygen atoms in total. The number of fused-ring (bicyclic) bond motifs is 1. The molecule has 6 heteroatoms. The molecule has 1 aliphatic carbocycles. The second kappa shape index (κ2) is 6.67. The number of rotatable bonds is 2. The third-order valence-electron chi connectivity index (χ3n) is 4.72. The van der Waals surface area contributed by atoms with Crippen LogP contribution in [0.5, 0.6) is 5.75 Å². The van der Waals surface area contributed by atoms with Crippen molar-refractivity contribution in [2.24, 2.45) is 0 Å². The van der Waals surface area contributed by atoms with E-state index in [-0.39, 0.29) is 5.92 Å². The predicted octanol–water partition coefficient (Wildman–Crippen LogP) is 4.03. The lowest BCUT2D eigenvalue weighted by Crippen LogP contribution is -2.27. The highest BCUT2D eigenvalue weighted by atomic mass is 16.6. The number of aromatic nitrogens is 2. The van der Waals surface area contributed by atoms with Crippen LogP contribution in [-0.2, 0) is 11.2 Å². The van der Waals surface area contributed by atoms with Gasteiger partial charge in [0.2, 0.25) is 0 Å². The van der Waals surface area contributed by atoms with Crippen LogP contribution in [0.1, 0.15) is 62.2 Å². The van der Waals surface area contributed by atoms with Crippen molar-refractivity contribution in [1.29, 1.82) is 0 Å². The van der Waals surface area contributed by atoms with Crippen LogP contribution < -0.4 is 10.5 Å². The molecule has 1 unspecified atom stereocenters. The molecule has 3 rings (SSSR count). The van der Waals surface area contributed by atoms with Crippen LogP contribution in [0.3, 0.4) is 0 Å². The van der Waals surface area contributed by atoms with Crippen LogP contribution in [0.2, 0.25) is 0 Å². The van der Waals surface area contributed by atoms with E-state index in [0.717, 1.165) is 30.5 Å².